The van der Waals surface area contributed by atoms with Crippen molar-refractivity contribution in [3.8, 4) is 44.5 Å². The van der Waals surface area contributed by atoms with Gasteiger partial charge in [-0.05, 0) is 95.4 Å². The van der Waals surface area contributed by atoms with Crippen LogP contribution in [0.2, 0.25) is 0 Å². The maximum absolute atomic E-state index is 7.04. The molecule has 0 unspecified atom stereocenters. The first-order valence-electron chi connectivity index (χ1n) is 18.4. The SMILES string of the molecule is [B]c1c([B])c([B])c2c(-c3cccc4oc5ccccc5c34)c3c([B])c([B])c([B])c([B])c3c(-c3ccc(-c4ccc5c(c4)-c4ccccc4C5(C)C)cc3)c2c1[B]. The summed E-state index contributed by atoms with van der Waals surface area (Å²) in [7, 11) is 54.7. The zero-order chi connectivity index (χ0) is 38.9. The quantitative estimate of drug-likeness (QED) is 0.204. The molecule has 16 radical (unpaired) electrons. The Morgan fingerprint density at radius 3 is 1.50 bits per heavy atom. The highest BCUT2D eigenvalue weighted by atomic mass is 16.3. The van der Waals surface area contributed by atoms with Gasteiger partial charge in [0.2, 0.25) is 0 Å². The van der Waals surface area contributed by atoms with Crippen molar-refractivity contribution in [1.82, 2.24) is 0 Å². The number of hydrogen-bond donors (Lipinski definition) is 0. The lowest BCUT2D eigenvalue weighted by Crippen LogP contribution is -2.50. The van der Waals surface area contributed by atoms with Gasteiger partial charge in [0.15, 0.2) is 0 Å². The molecule has 0 saturated heterocycles. The molecule has 0 fully saturated rings. The molecule has 1 aliphatic rings. The molecule has 0 aliphatic heterocycles. The molecule has 0 N–H and O–H groups in total. The van der Waals surface area contributed by atoms with E-state index in [-0.39, 0.29) is 49.1 Å². The molecule has 0 saturated carbocycles. The summed E-state index contributed by atoms with van der Waals surface area (Å²) in [6, 6.07) is 37.3. The maximum atomic E-state index is 7.04. The van der Waals surface area contributed by atoms with Gasteiger partial charge < -0.3 is 4.42 Å². The van der Waals surface area contributed by atoms with Crippen molar-refractivity contribution in [2.45, 2.75) is 19.3 Å². The maximum Gasteiger partial charge on any atom is 0.136 e. The first-order valence-corrected chi connectivity index (χ1v) is 18.4. The van der Waals surface area contributed by atoms with E-state index in [9.17, 15) is 0 Å². The third-order valence-electron chi connectivity index (χ3n) is 12.1. The molecule has 0 spiro atoms. The van der Waals surface area contributed by atoms with Crippen molar-refractivity contribution >= 4 is 150 Å². The van der Waals surface area contributed by atoms with Gasteiger partial charge in [-0.3, -0.25) is 0 Å². The van der Waals surface area contributed by atoms with Gasteiger partial charge in [0, 0.05) is 16.2 Å². The monoisotopic (exact) mass is 692 g/mol. The van der Waals surface area contributed by atoms with Crippen LogP contribution in [0, 0.1) is 0 Å². The Balaban J connectivity index is 1.30. The van der Waals surface area contributed by atoms with Gasteiger partial charge in [0.05, 0.1) is 0 Å². The van der Waals surface area contributed by atoms with Crippen LogP contribution in [0.15, 0.2) is 114 Å². The molecule has 0 amide bonds. The minimum absolute atomic E-state index is 0.0845. The smallest absolute Gasteiger partial charge is 0.136 e. The fourth-order valence-electron chi connectivity index (χ4n) is 9.22. The Hall–Kier alpha value is -5.40. The molecule has 8 aromatic carbocycles. The van der Waals surface area contributed by atoms with E-state index in [2.05, 4.69) is 68.4 Å². The summed E-state index contributed by atoms with van der Waals surface area (Å²) in [5.74, 6) is 0. The van der Waals surface area contributed by atoms with Crippen LogP contribution >= 0.6 is 0 Å². The number of para-hydroxylation sites is 1. The highest BCUT2D eigenvalue weighted by molar-refractivity contribution is 6.71. The van der Waals surface area contributed by atoms with Gasteiger partial charge in [-0.15, -0.1) is 21.9 Å². The van der Waals surface area contributed by atoms with Crippen LogP contribution in [0.4, 0.5) is 0 Å². The highest BCUT2D eigenvalue weighted by Crippen LogP contribution is 2.50. The van der Waals surface area contributed by atoms with E-state index in [1.165, 1.54) is 22.3 Å². The first kappa shape index (κ1) is 35.0. The molecule has 242 valence electrons. The summed E-state index contributed by atoms with van der Waals surface area (Å²) in [5.41, 5.74) is 13.1. The summed E-state index contributed by atoms with van der Waals surface area (Å²) < 4.78 is 6.32. The third-order valence-corrected chi connectivity index (χ3v) is 12.1. The summed E-state index contributed by atoms with van der Waals surface area (Å²) >= 11 is 0. The van der Waals surface area contributed by atoms with Crippen LogP contribution in [0.25, 0.3) is 88.0 Å². The second-order valence-electron chi connectivity index (χ2n) is 15.3. The van der Waals surface area contributed by atoms with Crippen molar-refractivity contribution in [3.63, 3.8) is 0 Å². The molecule has 9 aromatic rings. The van der Waals surface area contributed by atoms with Crippen LogP contribution in [0.1, 0.15) is 25.0 Å². The predicted molar refractivity (Wildman–Crippen MR) is 246 cm³/mol. The molecule has 9 heteroatoms. The predicted octanol–water partition coefficient (Wildman–Crippen LogP) is 3.55. The van der Waals surface area contributed by atoms with Crippen LogP contribution in [0.5, 0.6) is 0 Å². The Labute approximate surface area is 336 Å². The van der Waals surface area contributed by atoms with Crippen LogP contribution < -0.4 is 43.7 Å². The number of hydrogen-bond acceptors (Lipinski definition) is 1. The van der Waals surface area contributed by atoms with Gasteiger partial charge >= 0.3 is 0 Å². The molecule has 0 atom stereocenters. The van der Waals surface area contributed by atoms with Gasteiger partial charge in [0.25, 0.3) is 0 Å². The highest BCUT2D eigenvalue weighted by Gasteiger charge is 2.35. The first-order chi connectivity index (χ1) is 26.9. The molecule has 0 bridgehead atoms. The number of fused-ring (bicyclic) bond motifs is 8. The average molecular weight is 691 g/mol. The topological polar surface area (TPSA) is 13.1 Å². The lowest BCUT2D eigenvalue weighted by Gasteiger charge is -2.28. The number of rotatable bonds is 3. The Bertz CT molecular complexity index is 3110. The Morgan fingerprint density at radius 2 is 0.857 bits per heavy atom. The van der Waals surface area contributed by atoms with Crippen LogP contribution in [0.3, 0.4) is 0 Å². The van der Waals surface area contributed by atoms with Gasteiger partial charge in [-0.25, -0.2) is 0 Å². The van der Waals surface area contributed by atoms with Crippen LogP contribution in [-0.4, -0.2) is 62.8 Å². The second kappa shape index (κ2) is 12.3. The van der Waals surface area contributed by atoms with E-state index in [4.69, 9.17) is 67.2 Å². The second-order valence-corrected chi connectivity index (χ2v) is 15.3. The van der Waals surface area contributed by atoms with Crippen molar-refractivity contribution in [3.05, 3.63) is 120 Å². The minimum Gasteiger partial charge on any atom is -0.456 e. The van der Waals surface area contributed by atoms with E-state index >= 15 is 0 Å². The lowest BCUT2D eigenvalue weighted by atomic mass is 9.59. The van der Waals surface area contributed by atoms with Crippen molar-refractivity contribution < 1.29 is 4.42 Å². The Morgan fingerprint density at radius 1 is 0.375 bits per heavy atom. The molecule has 56 heavy (non-hydrogen) atoms. The van der Waals surface area contributed by atoms with Crippen molar-refractivity contribution in [1.29, 1.82) is 0 Å². The largest absolute Gasteiger partial charge is 0.456 e. The molecule has 1 aromatic heterocycles. The molecule has 1 heterocycles. The summed E-state index contributed by atoms with van der Waals surface area (Å²) in [6.07, 6.45) is 0. The standard InChI is InChI=1S/C47H24B8O/c1-47(2)28-11-5-3-8-24(28)27-20-23(18-19-29(27)47)21-14-16-22(17-15-21)32-35-37(41(50)45(54)43(52)39(35)48)34(38-36(32)40(49)44(53)46(55)42(38)51)26-10-7-13-31-33(26)25-9-4-6-12-30(25)56-31/h3-20H,1-2H3. The molecular weight excluding hydrogens is 667 g/mol. The molecule has 1 nitrogen and oxygen atoms in total. The fourth-order valence-corrected chi connectivity index (χ4v) is 9.22. The van der Waals surface area contributed by atoms with Gasteiger partial charge in [-0.2, -0.15) is 0 Å². The average Bonchev–Trinajstić information content (AvgIpc) is 3.71. The van der Waals surface area contributed by atoms with E-state index in [1.807, 2.05) is 54.6 Å². The molecule has 10 rings (SSSR count). The van der Waals surface area contributed by atoms with E-state index < -0.39 is 0 Å². The fraction of sp³-hybridized carbons (Fsp3) is 0.0638. The van der Waals surface area contributed by atoms with Crippen molar-refractivity contribution in [2.75, 3.05) is 0 Å². The normalized spacial score (nSPS) is 13.2. The van der Waals surface area contributed by atoms with Crippen LogP contribution in [-0.2, 0) is 5.41 Å². The van der Waals surface area contributed by atoms with Crippen molar-refractivity contribution in [2.24, 2.45) is 0 Å². The number of furan rings is 1. The van der Waals surface area contributed by atoms with E-state index in [0.717, 1.165) is 38.6 Å². The number of benzene rings is 8. The summed E-state index contributed by atoms with van der Waals surface area (Å²) in [5, 5.41) is 4.02. The Kier molecular flexibility index (Phi) is 7.70. The summed E-state index contributed by atoms with van der Waals surface area (Å²) in [6.45, 7) is 4.56. The summed E-state index contributed by atoms with van der Waals surface area (Å²) in [4.78, 5) is 0. The zero-order valence-electron chi connectivity index (χ0n) is 30.9. The van der Waals surface area contributed by atoms with E-state index in [0.29, 0.717) is 38.3 Å². The lowest BCUT2D eigenvalue weighted by molar-refractivity contribution is 0.660. The van der Waals surface area contributed by atoms with E-state index in [1.54, 1.807) is 0 Å². The minimum atomic E-state index is -0.0845. The third kappa shape index (κ3) is 4.67. The van der Waals surface area contributed by atoms with Gasteiger partial charge in [0.1, 0.15) is 73.9 Å². The van der Waals surface area contributed by atoms with Gasteiger partial charge in [-0.1, -0.05) is 127 Å². The zero-order valence-corrected chi connectivity index (χ0v) is 30.9. The molecular formula is C47H24B8O. The molecule has 1 aliphatic carbocycles.